The van der Waals surface area contributed by atoms with Gasteiger partial charge in [-0.25, -0.2) is 27.1 Å². The van der Waals surface area contributed by atoms with Crippen LogP contribution in [0.4, 0.5) is 13.2 Å². The lowest BCUT2D eigenvalue weighted by molar-refractivity contribution is -0.132. The van der Waals surface area contributed by atoms with Crippen LogP contribution in [0.1, 0.15) is 37.8 Å². The highest BCUT2D eigenvalue weighted by molar-refractivity contribution is 7.92. The van der Waals surface area contributed by atoms with Crippen LogP contribution in [-0.4, -0.2) is 53.6 Å². The topological polar surface area (TPSA) is 125 Å². The van der Waals surface area contributed by atoms with Crippen molar-refractivity contribution in [1.29, 1.82) is 0 Å². The van der Waals surface area contributed by atoms with Crippen molar-refractivity contribution < 1.29 is 41.5 Å². The van der Waals surface area contributed by atoms with Gasteiger partial charge in [-0.05, 0) is 44.0 Å². The summed E-state index contributed by atoms with van der Waals surface area (Å²) in [7, 11) is -3.95. The van der Waals surface area contributed by atoms with Gasteiger partial charge >= 0.3 is 0 Å². The van der Waals surface area contributed by atoms with E-state index in [1.165, 1.54) is 24.5 Å². The number of hydroxylamine groups is 1. The van der Waals surface area contributed by atoms with E-state index in [9.17, 15) is 31.5 Å². The van der Waals surface area contributed by atoms with Crippen molar-refractivity contribution in [3.63, 3.8) is 0 Å². The fourth-order valence-corrected chi connectivity index (χ4v) is 4.78. The molecule has 12 heteroatoms. The Kier molecular flexibility index (Phi) is 7.58. The molecule has 0 saturated carbocycles. The molecule has 0 spiro atoms. The summed E-state index contributed by atoms with van der Waals surface area (Å²) >= 11 is 0. The average Bonchev–Trinajstić information content (AvgIpc) is 3.20. The van der Waals surface area contributed by atoms with Crippen molar-refractivity contribution in [2.45, 2.75) is 50.1 Å². The summed E-state index contributed by atoms with van der Waals surface area (Å²) in [5.41, 5.74) is 1.20. The number of aliphatic hydroxyl groups excluding tert-OH is 1. The predicted octanol–water partition coefficient (Wildman–Crippen LogP) is 2.89. The van der Waals surface area contributed by atoms with Gasteiger partial charge in [0, 0.05) is 30.2 Å². The molecule has 35 heavy (non-hydrogen) atoms. The zero-order valence-corrected chi connectivity index (χ0v) is 20.0. The summed E-state index contributed by atoms with van der Waals surface area (Å²) in [4.78, 5) is 17.3. The summed E-state index contributed by atoms with van der Waals surface area (Å²) < 4.78 is 66.4. The standard InChI is InChI=1S/C23H25F3N2O6S/c1-12(29)6-13-7-18(25)21(19(26)8-13)16-5-4-14(9-17(16)24)20-10-15(34-28-20)11-23(2,22(30)27-31)35(3,32)33/h4-5,7-9,12,15,29,31H,6,10-11H2,1-3H3,(H,27,30). The molecule has 0 aromatic heterocycles. The number of oxime groups is 1. The zero-order chi connectivity index (χ0) is 26.1. The van der Waals surface area contributed by atoms with Crippen LogP contribution in [0.5, 0.6) is 0 Å². The minimum atomic E-state index is -3.95. The van der Waals surface area contributed by atoms with E-state index in [1.807, 2.05) is 0 Å². The third-order valence-electron chi connectivity index (χ3n) is 5.96. The van der Waals surface area contributed by atoms with Gasteiger partial charge in [0.1, 0.15) is 23.6 Å². The van der Waals surface area contributed by atoms with Gasteiger partial charge in [0.05, 0.1) is 17.4 Å². The van der Waals surface area contributed by atoms with Crippen LogP contribution in [0.2, 0.25) is 0 Å². The second-order valence-electron chi connectivity index (χ2n) is 8.80. The van der Waals surface area contributed by atoms with Crippen LogP contribution in [0.25, 0.3) is 11.1 Å². The third kappa shape index (κ3) is 5.49. The summed E-state index contributed by atoms with van der Waals surface area (Å²) in [5.74, 6) is -4.00. The number of aliphatic hydroxyl groups is 1. The Balaban J connectivity index is 1.82. The van der Waals surface area contributed by atoms with Crippen LogP contribution in [0, 0.1) is 17.5 Å². The predicted molar refractivity (Wildman–Crippen MR) is 121 cm³/mol. The Labute approximate surface area is 200 Å². The molecule has 0 bridgehead atoms. The van der Waals surface area contributed by atoms with Gasteiger partial charge in [-0.1, -0.05) is 17.3 Å². The number of halogens is 3. The monoisotopic (exact) mass is 514 g/mol. The van der Waals surface area contributed by atoms with Crippen LogP contribution >= 0.6 is 0 Å². The second kappa shape index (κ2) is 9.96. The maximum absolute atomic E-state index is 14.9. The summed E-state index contributed by atoms with van der Waals surface area (Å²) in [6, 6.07) is 5.69. The van der Waals surface area contributed by atoms with Gasteiger partial charge < -0.3 is 9.94 Å². The molecule has 0 aliphatic carbocycles. The molecule has 3 N–H and O–H groups in total. The number of amides is 1. The molecule has 8 nitrogen and oxygen atoms in total. The van der Waals surface area contributed by atoms with Gasteiger partial charge in [-0.3, -0.25) is 10.0 Å². The summed E-state index contributed by atoms with van der Waals surface area (Å²) in [6.07, 6.45) is -1.08. The fraction of sp³-hybridized carbons (Fsp3) is 0.391. The van der Waals surface area contributed by atoms with E-state index in [2.05, 4.69) is 5.16 Å². The van der Waals surface area contributed by atoms with Gasteiger partial charge in [0.25, 0.3) is 5.91 Å². The van der Waals surface area contributed by atoms with Crippen molar-refractivity contribution in [3.05, 3.63) is 58.9 Å². The Morgan fingerprint density at radius 2 is 1.86 bits per heavy atom. The normalized spacial score (nSPS) is 18.4. The molecule has 3 rings (SSSR count). The average molecular weight is 515 g/mol. The van der Waals surface area contributed by atoms with Crippen molar-refractivity contribution >= 4 is 21.5 Å². The number of rotatable bonds is 8. The summed E-state index contributed by atoms with van der Waals surface area (Å²) in [6.45, 7) is 2.62. The molecular weight excluding hydrogens is 489 g/mol. The molecule has 2 aromatic carbocycles. The van der Waals surface area contributed by atoms with E-state index in [-0.39, 0.29) is 41.7 Å². The lowest BCUT2D eigenvalue weighted by Gasteiger charge is -2.26. The van der Waals surface area contributed by atoms with Gasteiger partial charge in [0.15, 0.2) is 14.6 Å². The number of carbonyl (C=O) groups is 1. The fourth-order valence-electron chi connectivity index (χ4n) is 3.91. The van der Waals surface area contributed by atoms with E-state index in [4.69, 9.17) is 10.0 Å². The van der Waals surface area contributed by atoms with Crippen molar-refractivity contribution in [3.8, 4) is 11.1 Å². The lowest BCUT2D eigenvalue weighted by Crippen LogP contribution is -2.51. The lowest BCUT2D eigenvalue weighted by atomic mass is 9.94. The van der Waals surface area contributed by atoms with Gasteiger partial charge in [-0.15, -0.1) is 0 Å². The van der Waals surface area contributed by atoms with Crippen LogP contribution in [0.15, 0.2) is 35.5 Å². The Morgan fingerprint density at radius 1 is 1.23 bits per heavy atom. The van der Waals surface area contributed by atoms with Crippen molar-refractivity contribution in [2.24, 2.45) is 5.16 Å². The molecule has 190 valence electrons. The number of benzene rings is 2. The number of hydrogen-bond acceptors (Lipinski definition) is 7. The third-order valence-corrected chi connectivity index (χ3v) is 7.94. The SMILES string of the molecule is CC(O)Cc1cc(F)c(-c2ccc(C3=NOC(CC(C)(C(=O)NO)S(C)(=O)=O)C3)cc2F)c(F)c1. The molecule has 1 aliphatic heterocycles. The minimum absolute atomic E-state index is 0.0272. The molecular formula is C23H25F3N2O6S. The minimum Gasteiger partial charge on any atom is -0.393 e. The molecule has 1 amide bonds. The van der Waals surface area contributed by atoms with E-state index >= 15 is 0 Å². The second-order valence-corrected chi connectivity index (χ2v) is 11.2. The number of nitrogens with one attached hydrogen (secondary N) is 1. The molecule has 2 aromatic rings. The highest BCUT2D eigenvalue weighted by Gasteiger charge is 2.47. The summed E-state index contributed by atoms with van der Waals surface area (Å²) in [5, 5.41) is 22.2. The molecule has 1 aliphatic rings. The van der Waals surface area contributed by atoms with E-state index in [1.54, 1.807) is 0 Å². The van der Waals surface area contributed by atoms with Crippen molar-refractivity contribution in [1.82, 2.24) is 5.48 Å². The van der Waals surface area contributed by atoms with Crippen LogP contribution in [-0.2, 0) is 25.9 Å². The van der Waals surface area contributed by atoms with Crippen LogP contribution < -0.4 is 5.48 Å². The van der Waals surface area contributed by atoms with Gasteiger partial charge in [-0.2, -0.15) is 0 Å². The van der Waals surface area contributed by atoms with Gasteiger partial charge in [0.2, 0.25) is 0 Å². The first-order chi connectivity index (χ1) is 16.3. The van der Waals surface area contributed by atoms with E-state index in [0.717, 1.165) is 31.4 Å². The maximum atomic E-state index is 14.9. The van der Waals surface area contributed by atoms with E-state index in [0.29, 0.717) is 0 Å². The molecule has 1 heterocycles. The van der Waals surface area contributed by atoms with E-state index < -0.39 is 55.7 Å². The van der Waals surface area contributed by atoms with Crippen molar-refractivity contribution in [2.75, 3.05) is 6.26 Å². The maximum Gasteiger partial charge on any atom is 0.264 e. The Bertz CT molecular complexity index is 1260. The quantitative estimate of drug-likeness (QED) is 0.368. The highest BCUT2D eigenvalue weighted by Crippen LogP contribution is 2.33. The molecule has 0 saturated heterocycles. The first-order valence-electron chi connectivity index (χ1n) is 10.6. The number of hydrogen-bond donors (Lipinski definition) is 3. The Morgan fingerprint density at radius 3 is 2.37 bits per heavy atom. The van der Waals surface area contributed by atoms with Crippen LogP contribution in [0.3, 0.4) is 0 Å². The first kappa shape index (κ1) is 26.6. The largest absolute Gasteiger partial charge is 0.393 e. The molecule has 0 radical (unpaired) electrons. The Hall–Kier alpha value is -2.96. The molecule has 0 fully saturated rings. The molecule has 3 atom stereocenters. The molecule has 3 unspecified atom stereocenters. The zero-order valence-electron chi connectivity index (χ0n) is 19.2. The highest BCUT2D eigenvalue weighted by atomic mass is 32.2. The number of nitrogens with zero attached hydrogens (tertiary/aromatic N) is 1. The number of carbonyl (C=O) groups excluding carboxylic acids is 1. The number of sulfone groups is 1. The first-order valence-corrected chi connectivity index (χ1v) is 12.5. The smallest absolute Gasteiger partial charge is 0.264 e.